The van der Waals surface area contributed by atoms with Gasteiger partial charge in [-0.05, 0) is 62.3 Å². The number of piperidine rings is 1. The Hall–Kier alpha value is -2.48. The lowest BCUT2D eigenvalue weighted by Crippen LogP contribution is -2.49. The molecule has 6 rings (SSSR count). The van der Waals surface area contributed by atoms with Crippen molar-refractivity contribution >= 4 is 16.7 Å². The van der Waals surface area contributed by atoms with Gasteiger partial charge < -0.3 is 19.7 Å². The number of fused-ring (bicyclic) bond motifs is 1. The molecular formula is C26H33N5O2. The summed E-state index contributed by atoms with van der Waals surface area (Å²) in [5.74, 6) is 1.04. The first kappa shape index (κ1) is 21.1. The Morgan fingerprint density at radius 1 is 1.12 bits per heavy atom. The summed E-state index contributed by atoms with van der Waals surface area (Å²) in [6.07, 6.45) is 6.17. The van der Waals surface area contributed by atoms with Crippen LogP contribution >= 0.6 is 0 Å². The molecule has 33 heavy (non-hydrogen) atoms. The smallest absolute Gasteiger partial charge is 0.128 e. The quantitative estimate of drug-likeness (QED) is 0.637. The minimum Gasteiger partial charge on any atom is -0.393 e. The third-order valence-corrected chi connectivity index (χ3v) is 7.80. The monoisotopic (exact) mass is 447 g/mol. The lowest BCUT2D eigenvalue weighted by molar-refractivity contribution is -0.0464. The number of hydrogen-bond acceptors (Lipinski definition) is 6. The van der Waals surface area contributed by atoms with Crippen LogP contribution in [0.15, 0.2) is 30.5 Å². The van der Waals surface area contributed by atoms with E-state index in [-0.39, 0.29) is 6.10 Å². The number of ether oxygens (including phenoxy) is 1. The first-order chi connectivity index (χ1) is 16.1. The van der Waals surface area contributed by atoms with Crippen molar-refractivity contribution < 1.29 is 9.84 Å². The Kier molecular flexibility index (Phi) is 5.35. The summed E-state index contributed by atoms with van der Waals surface area (Å²) in [6, 6.07) is 8.68. The average molecular weight is 448 g/mol. The predicted molar refractivity (Wildman–Crippen MR) is 129 cm³/mol. The number of rotatable bonds is 4. The van der Waals surface area contributed by atoms with E-state index in [4.69, 9.17) is 14.7 Å². The number of aromatic amines is 1. The Bertz CT molecular complexity index is 1120. The molecule has 1 aliphatic carbocycles. The zero-order chi connectivity index (χ0) is 22.4. The van der Waals surface area contributed by atoms with Crippen molar-refractivity contribution in [2.75, 3.05) is 44.3 Å². The van der Waals surface area contributed by atoms with E-state index in [9.17, 15) is 5.11 Å². The van der Waals surface area contributed by atoms with E-state index < -0.39 is 0 Å². The number of morpholine rings is 1. The van der Waals surface area contributed by atoms with Gasteiger partial charge in [0.15, 0.2) is 0 Å². The first-order valence-electron chi connectivity index (χ1n) is 12.3. The summed E-state index contributed by atoms with van der Waals surface area (Å²) >= 11 is 0. The topological polar surface area (TPSA) is 77.5 Å². The van der Waals surface area contributed by atoms with Gasteiger partial charge in [0.1, 0.15) is 5.82 Å². The van der Waals surface area contributed by atoms with Gasteiger partial charge in [0.05, 0.1) is 25.0 Å². The van der Waals surface area contributed by atoms with E-state index in [0.29, 0.717) is 5.41 Å². The van der Waals surface area contributed by atoms with Gasteiger partial charge in [-0.2, -0.15) is 0 Å². The zero-order valence-corrected chi connectivity index (χ0v) is 19.4. The van der Waals surface area contributed by atoms with Gasteiger partial charge in [-0.3, -0.25) is 9.88 Å². The number of pyridine rings is 2. The molecule has 0 unspecified atom stereocenters. The van der Waals surface area contributed by atoms with E-state index >= 15 is 0 Å². The van der Waals surface area contributed by atoms with Gasteiger partial charge in [-0.25, -0.2) is 4.98 Å². The molecule has 1 spiro atoms. The molecule has 0 aromatic carbocycles. The van der Waals surface area contributed by atoms with Crippen molar-refractivity contribution in [3.05, 3.63) is 41.9 Å². The Morgan fingerprint density at radius 2 is 1.91 bits per heavy atom. The largest absolute Gasteiger partial charge is 0.393 e. The summed E-state index contributed by atoms with van der Waals surface area (Å²) in [4.78, 5) is 18.1. The van der Waals surface area contributed by atoms with Crippen molar-refractivity contribution in [1.29, 1.82) is 0 Å². The van der Waals surface area contributed by atoms with Crippen molar-refractivity contribution in [3.63, 3.8) is 0 Å². The average Bonchev–Trinajstić information content (AvgIpc) is 3.21. The molecule has 2 aliphatic heterocycles. The van der Waals surface area contributed by atoms with E-state index in [2.05, 4.69) is 39.0 Å². The third kappa shape index (κ3) is 4.14. The lowest BCUT2D eigenvalue weighted by Gasteiger charge is -2.50. The second-order valence-electron chi connectivity index (χ2n) is 10.2. The summed E-state index contributed by atoms with van der Waals surface area (Å²) in [5.41, 5.74) is 5.79. The molecule has 1 saturated carbocycles. The fraction of sp³-hybridized carbons (Fsp3) is 0.538. The van der Waals surface area contributed by atoms with Crippen LogP contribution in [0.1, 0.15) is 37.1 Å². The normalized spacial score (nSPS) is 21.6. The molecule has 7 nitrogen and oxygen atoms in total. The first-order valence-corrected chi connectivity index (χ1v) is 12.3. The van der Waals surface area contributed by atoms with Crippen LogP contribution in [0.2, 0.25) is 0 Å². The molecule has 3 aromatic rings. The summed E-state index contributed by atoms with van der Waals surface area (Å²) in [5, 5.41) is 10.9. The van der Waals surface area contributed by atoms with Gasteiger partial charge in [-0.15, -0.1) is 0 Å². The maximum Gasteiger partial charge on any atom is 0.128 e. The van der Waals surface area contributed by atoms with E-state index in [1.165, 1.54) is 5.69 Å². The van der Waals surface area contributed by atoms with Gasteiger partial charge >= 0.3 is 0 Å². The number of H-pyrrole nitrogens is 1. The summed E-state index contributed by atoms with van der Waals surface area (Å²) in [7, 11) is 0. The van der Waals surface area contributed by atoms with Gasteiger partial charge in [0.2, 0.25) is 0 Å². The molecule has 7 heteroatoms. The highest BCUT2D eigenvalue weighted by atomic mass is 16.5. The molecule has 5 heterocycles. The molecule has 0 amide bonds. The molecule has 2 N–H and O–H groups in total. The Morgan fingerprint density at radius 3 is 2.61 bits per heavy atom. The van der Waals surface area contributed by atoms with Gasteiger partial charge in [0, 0.05) is 66.8 Å². The Balaban J connectivity index is 1.21. The minimum atomic E-state index is -0.0737. The van der Waals surface area contributed by atoms with E-state index in [1.54, 1.807) is 0 Å². The molecule has 0 atom stereocenters. The van der Waals surface area contributed by atoms with Crippen molar-refractivity contribution in [2.24, 2.45) is 5.41 Å². The number of nitrogens with zero attached hydrogens (tertiary/aromatic N) is 4. The van der Waals surface area contributed by atoms with Crippen LogP contribution in [0.25, 0.3) is 22.2 Å². The van der Waals surface area contributed by atoms with Gasteiger partial charge in [-0.1, -0.05) is 0 Å². The highest BCUT2D eigenvalue weighted by Crippen LogP contribution is 2.49. The summed E-state index contributed by atoms with van der Waals surface area (Å²) < 4.78 is 5.48. The van der Waals surface area contributed by atoms with Crippen LogP contribution in [-0.4, -0.2) is 70.5 Å². The highest BCUT2D eigenvalue weighted by Gasteiger charge is 2.45. The number of anilines is 1. The molecule has 174 valence electrons. The number of aliphatic hydroxyl groups excluding tert-OH is 1. The number of hydrogen-bond donors (Lipinski definition) is 2. The molecule has 3 aromatic heterocycles. The molecule has 0 radical (unpaired) electrons. The van der Waals surface area contributed by atoms with Crippen molar-refractivity contribution in [3.8, 4) is 11.3 Å². The summed E-state index contributed by atoms with van der Waals surface area (Å²) in [6.45, 7) is 8.57. The molecular weight excluding hydrogens is 414 g/mol. The van der Waals surface area contributed by atoms with Crippen LogP contribution in [0.3, 0.4) is 0 Å². The Labute approximate surface area is 194 Å². The molecule has 3 aliphatic rings. The van der Waals surface area contributed by atoms with E-state index in [1.807, 2.05) is 13.1 Å². The number of aryl methyl sites for hydroxylation is 1. The maximum atomic E-state index is 9.72. The predicted octanol–water partition coefficient (Wildman–Crippen LogP) is 3.51. The zero-order valence-electron chi connectivity index (χ0n) is 19.4. The number of aromatic nitrogens is 3. The van der Waals surface area contributed by atoms with Crippen LogP contribution in [0.4, 0.5) is 5.82 Å². The fourth-order valence-electron chi connectivity index (χ4n) is 5.89. The standard InChI is InChI=1S/C26H33N5O2/c1-18-12-23-22(13-20(29-23)17-30-8-10-33-11-9-30)25(28-18)19-2-3-24(27-16-19)31-6-4-26(5-7-31)14-21(32)15-26/h2-3,12-13,16,21,29,32H,4-11,14-15,17H2,1H3. The number of nitrogens with one attached hydrogen (secondary N) is 1. The molecule has 0 bridgehead atoms. The van der Waals surface area contributed by atoms with Crippen molar-refractivity contribution in [1.82, 2.24) is 19.9 Å². The third-order valence-electron chi connectivity index (χ3n) is 7.80. The van der Waals surface area contributed by atoms with Crippen LogP contribution < -0.4 is 4.90 Å². The highest BCUT2D eigenvalue weighted by molar-refractivity contribution is 5.93. The second kappa shape index (κ2) is 8.38. The lowest BCUT2D eigenvalue weighted by atomic mass is 9.61. The minimum absolute atomic E-state index is 0.0737. The van der Waals surface area contributed by atoms with Gasteiger partial charge in [0.25, 0.3) is 0 Å². The van der Waals surface area contributed by atoms with E-state index in [0.717, 1.165) is 105 Å². The molecule has 3 fully saturated rings. The van der Waals surface area contributed by atoms with Crippen LogP contribution in [-0.2, 0) is 11.3 Å². The SMILES string of the molecule is Cc1cc2[nH]c(CN3CCOCC3)cc2c(-c2ccc(N3CCC4(CC3)CC(O)C4)nc2)n1. The number of aliphatic hydroxyl groups is 1. The van der Waals surface area contributed by atoms with Crippen LogP contribution in [0.5, 0.6) is 0 Å². The molecule has 2 saturated heterocycles. The second-order valence-corrected chi connectivity index (χ2v) is 10.2. The maximum absolute atomic E-state index is 9.72. The fourth-order valence-corrected chi connectivity index (χ4v) is 5.89. The van der Waals surface area contributed by atoms with Crippen molar-refractivity contribution in [2.45, 2.75) is 45.3 Å². The van der Waals surface area contributed by atoms with Crippen LogP contribution in [0, 0.1) is 12.3 Å².